The monoisotopic (exact) mass is 389 g/mol. The van der Waals surface area contributed by atoms with E-state index in [-0.39, 0.29) is 12.5 Å². The second-order valence-electron chi connectivity index (χ2n) is 9.88. The van der Waals surface area contributed by atoms with Crippen LogP contribution in [0.3, 0.4) is 0 Å². The topological polar surface area (TPSA) is 38.3 Å². The highest BCUT2D eigenvalue weighted by molar-refractivity contribution is 5.91. The molecule has 1 amide bonds. The summed E-state index contributed by atoms with van der Waals surface area (Å²) in [4.78, 5) is 12.3. The number of rotatable bonds is 5. The first kappa shape index (κ1) is 18.7. The fraction of sp³-hybridized carbons (Fsp3) is 0.500. The van der Waals surface area contributed by atoms with Gasteiger partial charge in [0, 0.05) is 5.69 Å². The van der Waals surface area contributed by atoms with E-state index in [2.05, 4.69) is 42.6 Å². The number of aryl methyl sites for hydroxylation is 2. The van der Waals surface area contributed by atoms with Crippen LogP contribution in [0.15, 0.2) is 42.5 Å². The fourth-order valence-electron chi connectivity index (χ4n) is 6.67. The lowest BCUT2D eigenvalue weighted by atomic mass is 9.48. The van der Waals surface area contributed by atoms with Crippen molar-refractivity contribution < 1.29 is 9.53 Å². The minimum Gasteiger partial charge on any atom is -0.483 e. The summed E-state index contributed by atoms with van der Waals surface area (Å²) < 4.78 is 5.70. The number of carbonyl (C=O) groups is 1. The molecule has 0 aromatic heterocycles. The van der Waals surface area contributed by atoms with Gasteiger partial charge in [0.25, 0.3) is 5.91 Å². The first-order chi connectivity index (χ1) is 14.0. The zero-order valence-electron chi connectivity index (χ0n) is 17.5. The molecule has 6 rings (SSSR count). The molecule has 2 aromatic carbocycles. The summed E-state index contributed by atoms with van der Waals surface area (Å²) in [5.41, 5.74) is 4.99. The van der Waals surface area contributed by atoms with Gasteiger partial charge in [-0.1, -0.05) is 29.8 Å². The normalized spacial score (nSPS) is 29.7. The summed E-state index contributed by atoms with van der Waals surface area (Å²) in [6.07, 6.45) is 8.51. The molecule has 4 saturated carbocycles. The van der Waals surface area contributed by atoms with Crippen molar-refractivity contribution >= 4 is 11.6 Å². The molecule has 4 aliphatic rings. The number of carbonyl (C=O) groups excluding carboxylic acids is 1. The summed E-state index contributed by atoms with van der Waals surface area (Å²) in [6.45, 7) is 4.08. The van der Waals surface area contributed by atoms with Gasteiger partial charge in [-0.25, -0.2) is 0 Å². The summed E-state index contributed by atoms with van der Waals surface area (Å²) in [6, 6.07) is 14.7. The van der Waals surface area contributed by atoms with Crippen molar-refractivity contribution in [2.45, 2.75) is 57.8 Å². The Morgan fingerprint density at radius 1 is 0.966 bits per heavy atom. The molecule has 3 heteroatoms. The van der Waals surface area contributed by atoms with E-state index in [1.165, 1.54) is 49.7 Å². The van der Waals surface area contributed by atoms with E-state index in [0.29, 0.717) is 5.41 Å². The van der Waals surface area contributed by atoms with E-state index in [0.717, 1.165) is 34.8 Å². The molecular formula is C26H31NO2. The van der Waals surface area contributed by atoms with Crippen LogP contribution in [0.5, 0.6) is 5.75 Å². The van der Waals surface area contributed by atoms with Crippen molar-refractivity contribution in [3.8, 4) is 5.75 Å². The molecule has 0 radical (unpaired) electrons. The Labute approximate surface area is 173 Å². The number of hydrogen-bond donors (Lipinski definition) is 1. The molecule has 152 valence electrons. The van der Waals surface area contributed by atoms with Crippen LogP contribution < -0.4 is 10.1 Å². The van der Waals surface area contributed by atoms with Gasteiger partial charge in [0.05, 0.1) is 0 Å². The first-order valence-corrected chi connectivity index (χ1v) is 11.1. The average molecular weight is 390 g/mol. The van der Waals surface area contributed by atoms with Crippen LogP contribution in [0.1, 0.15) is 55.2 Å². The van der Waals surface area contributed by atoms with Gasteiger partial charge in [-0.15, -0.1) is 0 Å². The smallest absolute Gasteiger partial charge is 0.262 e. The molecule has 4 fully saturated rings. The van der Waals surface area contributed by atoms with Gasteiger partial charge in [0.15, 0.2) is 6.61 Å². The molecule has 3 nitrogen and oxygen atoms in total. The van der Waals surface area contributed by atoms with Crippen molar-refractivity contribution in [2.24, 2.45) is 17.8 Å². The largest absolute Gasteiger partial charge is 0.483 e. The number of benzene rings is 2. The number of hydrogen-bond acceptors (Lipinski definition) is 2. The van der Waals surface area contributed by atoms with Gasteiger partial charge in [-0.3, -0.25) is 4.79 Å². The van der Waals surface area contributed by atoms with E-state index in [1.54, 1.807) is 0 Å². The predicted octanol–water partition coefficient (Wildman–Crippen LogP) is 5.79. The quantitative estimate of drug-likeness (QED) is 0.703. The molecule has 0 atom stereocenters. The maximum absolute atomic E-state index is 12.3. The van der Waals surface area contributed by atoms with Crippen molar-refractivity contribution in [1.29, 1.82) is 0 Å². The minimum atomic E-state index is -0.118. The van der Waals surface area contributed by atoms with Crippen LogP contribution in [-0.4, -0.2) is 12.5 Å². The lowest BCUT2D eigenvalue weighted by Crippen LogP contribution is -2.48. The molecule has 4 aliphatic carbocycles. The zero-order chi connectivity index (χ0) is 20.0. The molecule has 0 aliphatic heterocycles. The van der Waals surface area contributed by atoms with Crippen molar-refractivity contribution in [1.82, 2.24) is 0 Å². The summed E-state index contributed by atoms with van der Waals surface area (Å²) >= 11 is 0. The standard InChI is InChI=1S/C26H31NO2/c1-17-3-8-24(18(2)9-17)29-16-25(28)27-23-6-4-22(5-7-23)26-13-19-10-20(14-26)12-21(11-19)15-26/h3-9,19-21H,10-16H2,1-2H3,(H,27,28). The number of amides is 1. The van der Waals surface area contributed by atoms with Crippen LogP contribution >= 0.6 is 0 Å². The zero-order valence-corrected chi connectivity index (χ0v) is 17.5. The van der Waals surface area contributed by atoms with E-state index >= 15 is 0 Å². The third-order valence-electron chi connectivity index (χ3n) is 7.51. The van der Waals surface area contributed by atoms with Crippen molar-refractivity contribution in [3.63, 3.8) is 0 Å². The number of nitrogens with one attached hydrogen (secondary N) is 1. The Kier molecular flexibility index (Phi) is 4.64. The maximum Gasteiger partial charge on any atom is 0.262 e. The van der Waals surface area contributed by atoms with Gasteiger partial charge in [0.2, 0.25) is 0 Å². The van der Waals surface area contributed by atoms with E-state index in [9.17, 15) is 4.79 Å². The van der Waals surface area contributed by atoms with E-state index in [4.69, 9.17) is 4.74 Å². The highest BCUT2D eigenvalue weighted by atomic mass is 16.5. The Bertz CT molecular complexity index is 880. The van der Waals surface area contributed by atoms with Gasteiger partial charge in [0.1, 0.15) is 5.75 Å². The first-order valence-electron chi connectivity index (χ1n) is 11.1. The summed E-state index contributed by atoms with van der Waals surface area (Å²) in [5, 5.41) is 2.98. The Morgan fingerprint density at radius 3 is 2.17 bits per heavy atom. The summed E-state index contributed by atoms with van der Waals surface area (Å²) in [5.74, 6) is 3.49. The van der Waals surface area contributed by atoms with Crippen LogP contribution in [0, 0.1) is 31.6 Å². The van der Waals surface area contributed by atoms with Crippen LogP contribution in [0.4, 0.5) is 5.69 Å². The van der Waals surface area contributed by atoms with Crippen LogP contribution in [-0.2, 0) is 10.2 Å². The fourth-order valence-corrected chi connectivity index (χ4v) is 6.67. The van der Waals surface area contributed by atoms with Gasteiger partial charge >= 0.3 is 0 Å². The molecule has 29 heavy (non-hydrogen) atoms. The molecule has 0 saturated heterocycles. The Morgan fingerprint density at radius 2 is 1.59 bits per heavy atom. The van der Waals surface area contributed by atoms with Crippen molar-refractivity contribution in [3.05, 3.63) is 59.2 Å². The second kappa shape index (κ2) is 7.19. The SMILES string of the molecule is Cc1ccc(OCC(=O)Nc2ccc(C34CC5CC(CC(C5)C3)C4)cc2)c(C)c1. The molecule has 2 aromatic rings. The highest BCUT2D eigenvalue weighted by Crippen LogP contribution is 2.60. The number of anilines is 1. The molecule has 0 unspecified atom stereocenters. The Hall–Kier alpha value is -2.29. The van der Waals surface area contributed by atoms with E-state index < -0.39 is 0 Å². The lowest BCUT2D eigenvalue weighted by Gasteiger charge is -2.57. The third-order valence-corrected chi connectivity index (χ3v) is 7.51. The number of ether oxygens (including phenoxy) is 1. The molecule has 4 bridgehead atoms. The lowest BCUT2D eigenvalue weighted by molar-refractivity contribution is -0.118. The van der Waals surface area contributed by atoms with Crippen LogP contribution in [0.25, 0.3) is 0 Å². The van der Waals surface area contributed by atoms with Crippen LogP contribution in [0.2, 0.25) is 0 Å². The average Bonchev–Trinajstić information content (AvgIpc) is 2.67. The molecule has 0 heterocycles. The van der Waals surface area contributed by atoms with Gasteiger partial charge in [-0.2, -0.15) is 0 Å². The molecule has 0 spiro atoms. The minimum absolute atomic E-state index is 0.0284. The van der Waals surface area contributed by atoms with Gasteiger partial charge < -0.3 is 10.1 Å². The summed E-state index contributed by atoms with van der Waals surface area (Å²) in [7, 11) is 0. The van der Waals surface area contributed by atoms with E-state index in [1.807, 2.05) is 19.1 Å². The highest BCUT2D eigenvalue weighted by Gasteiger charge is 2.51. The van der Waals surface area contributed by atoms with Crippen molar-refractivity contribution in [2.75, 3.05) is 11.9 Å². The van der Waals surface area contributed by atoms with Gasteiger partial charge in [-0.05, 0) is 105 Å². The maximum atomic E-state index is 12.3. The predicted molar refractivity (Wildman–Crippen MR) is 116 cm³/mol. The molecular weight excluding hydrogens is 358 g/mol. The second-order valence-corrected chi connectivity index (χ2v) is 9.88. The molecule has 1 N–H and O–H groups in total. The Balaban J connectivity index is 1.21. The third kappa shape index (κ3) is 3.68.